The van der Waals surface area contributed by atoms with Crippen LogP contribution in [0.15, 0.2) is 11.3 Å². The summed E-state index contributed by atoms with van der Waals surface area (Å²) in [7, 11) is 0. The average Bonchev–Trinajstić information content (AvgIpc) is 2.16. The molecule has 1 rings (SSSR count). The Morgan fingerprint density at radius 3 is 2.56 bits per heavy atom. The molecule has 88 valence electrons. The molecule has 0 spiro atoms. The maximum absolute atomic E-state index is 11.7. The van der Waals surface area contributed by atoms with Gasteiger partial charge in [0.1, 0.15) is 5.76 Å². The lowest BCUT2D eigenvalue weighted by molar-refractivity contribution is -0.137. The molecule has 4 nitrogen and oxygen atoms in total. The molecule has 1 aliphatic rings. The number of esters is 1. The van der Waals surface area contributed by atoms with E-state index in [2.05, 4.69) is 0 Å². The van der Waals surface area contributed by atoms with E-state index in [1.165, 1.54) is 6.92 Å². The summed E-state index contributed by atoms with van der Waals surface area (Å²) in [6.45, 7) is 3.14. The fraction of sp³-hybridized carbons (Fsp3) is 0.583. The van der Waals surface area contributed by atoms with Gasteiger partial charge in [-0.15, -0.1) is 0 Å². The molecular formula is C12H16O4. The van der Waals surface area contributed by atoms with Gasteiger partial charge in [-0.1, -0.05) is 6.92 Å². The van der Waals surface area contributed by atoms with Crippen molar-refractivity contribution in [2.75, 3.05) is 0 Å². The number of Topliss-reactive ketones (excluding diaryl/α,β-unsaturated/α-hetero) is 2. The van der Waals surface area contributed by atoms with E-state index in [0.717, 1.165) is 0 Å². The number of rotatable bonds is 4. The Kier molecular flexibility index (Phi) is 4.40. The number of allylic oxidation sites excluding steroid dienone is 2. The molecule has 0 heterocycles. The van der Waals surface area contributed by atoms with Gasteiger partial charge >= 0.3 is 5.97 Å². The summed E-state index contributed by atoms with van der Waals surface area (Å²) in [5.74, 6) is -0.613. The first-order valence-corrected chi connectivity index (χ1v) is 5.54. The SMILES string of the molecule is CCCC(=O)C1=C(OC(C)=O)CCCC1=O. The van der Waals surface area contributed by atoms with E-state index in [-0.39, 0.29) is 22.9 Å². The largest absolute Gasteiger partial charge is 0.430 e. The van der Waals surface area contributed by atoms with Crippen molar-refractivity contribution in [3.05, 3.63) is 11.3 Å². The third kappa shape index (κ3) is 3.02. The average molecular weight is 224 g/mol. The highest BCUT2D eigenvalue weighted by Crippen LogP contribution is 2.25. The molecule has 0 N–H and O–H groups in total. The predicted molar refractivity (Wildman–Crippen MR) is 57.6 cm³/mol. The third-order valence-electron chi connectivity index (χ3n) is 2.39. The van der Waals surface area contributed by atoms with Crippen molar-refractivity contribution in [3.63, 3.8) is 0 Å². The number of hydrogen-bond donors (Lipinski definition) is 0. The lowest BCUT2D eigenvalue weighted by atomic mass is 9.91. The highest BCUT2D eigenvalue weighted by atomic mass is 16.5. The number of ether oxygens (including phenoxy) is 1. The Morgan fingerprint density at radius 1 is 1.31 bits per heavy atom. The van der Waals surface area contributed by atoms with Crippen LogP contribution in [-0.2, 0) is 19.1 Å². The Balaban J connectivity index is 2.99. The van der Waals surface area contributed by atoms with Crippen LogP contribution in [0.3, 0.4) is 0 Å². The molecule has 0 aliphatic heterocycles. The van der Waals surface area contributed by atoms with Crippen LogP contribution < -0.4 is 0 Å². The van der Waals surface area contributed by atoms with Gasteiger partial charge in [-0.05, 0) is 12.8 Å². The third-order valence-corrected chi connectivity index (χ3v) is 2.39. The Labute approximate surface area is 94.7 Å². The minimum atomic E-state index is -0.480. The Hall–Kier alpha value is -1.45. The van der Waals surface area contributed by atoms with E-state index in [4.69, 9.17) is 4.74 Å². The Bertz CT molecular complexity index is 352. The first-order valence-electron chi connectivity index (χ1n) is 5.54. The normalized spacial score (nSPS) is 16.2. The van der Waals surface area contributed by atoms with E-state index < -0.39 is 5.97 Å². The summed E-state index contributed by atoms with van der Waals surface area (Å²) in [6.07, 6.45) is 2.52. The standard InChI is InChI=1S/C12H16O4/c1-3-5-9(14)12-10(15)6-4-7-11(12)16-8(2)13/h3-7H2,1-2H3. The zero-order valence-corrected chi connectivity index (χ0v) is 9.67. The zero-order chi connectivity index (χ0) is 12.1. The minimum Gasteiger partial charge on any atom is -0.430 e. The smallest absolute Gasteiger partial charge is 0.307 e. The van der Waals surface area contributed by atoms with Crippen LogP contribution >= 0.6 is 0 Å². The highest BCUT2D eigenvalue weighted by Gasteiger charge is 2.27. The lowest BCUT2D eigenvalue weighted by Gasteiger charge is -2.17. The summed E-state index contributed by atoms with van der Waals surface area (Å²) in [5.41, 5.74) is 0.114. The quantitative estimate of drug-likeness (QED) is 0.540. The van der Waals surface area contributed by atoms with Crippen molar-refractivity contribution in [2.24, 2.45) is 0 Å². The van der Waals surface area contributed by atoms with Crippen molar-refractivity contribution in [1.29, 1.82) is 0 Å². The molecule has 0 bridgehead atoms. The molecule has 4 heteroatoms. The number of carbonyl (C=O) groups is 3. The van der Waals surface area contributed by atoms with Gasteiger partial charge in [-0.25, -0.2) is 0 Å². The van der Waals surface area contributed by atoms with Crippen molar-refractivity contribution < 1.29 is 19.1 Å². The molecule has 16 heavy (non-hydrogen) atoms. The van der Waals surface area contributed by atoms with E-state index in [1.54, 1.807) is 0 Å². The van der Waals surface area contributed by atoms with Crippen molar-refractivity contribution in [2.45, 2.75) is 46.0 Å². The van der Waals surface area contributed by atoms with Crippen LogP contribution in [0.5, 0.6) is 0 Å². The molecule has 1 aliphatic carbocycles. The van der Waals surface area contributed by atoms with Gasteiger partial charge < -0.3 is 4.74 Å². The lowest BCUT2D eigenvalue weighted by Crippen LogP contribution is -2.21. The topological polar surface area (TPSA) is 60.4 Å². The van der Waals surface area contributed by atoms with Crippen molar-refractivity contribution in [1.82, 2.24) is 0 Å². The molecule has 0 radical (unpaired) electrons. The molecule has 0 aromatic carbocycles. The monoisotopic (exact) mass is 224 g/mol. The van der Waals surface area contributed by atoms with Gasteiger partial charge in [0.15, 0.2) is 11.6 Å². The van der Waals surface area contributed by atoms with Crippen LogP contribution in [0.4, 0.5) is 0 Å². The van der Waals surface area contributed by atoms with E-state index >= 15 is 0 Å². The molecule has 0 atom stereocenters. The number of ketones is 2. The predicted octanol–water partition coefficient (Wildman–Crippen LogP) is 1.93. The second kappa shape index (κ2) is 5.58. The second-order valence-electron chi connectivity index (χ2n) is 3.84. The second-order valence-corrected chi connectivity index (χ2v) is 3.84. The van der Waals surface area contributed by atoms with Crippen LogP contribution in [0, 0.1) is 0 Å². The summed E-state index contributed by atoms with van der Waals surface area (Å²) >= 11 is 0. The summed E-state index contributed by atoms with van der Waals surface area (Å²) < 4.78 is 4.94. The summed E-state index contributed by atoms with van der Waals surface area (Å²) in [4.78, 5) is 34.2. The van der Waals surface area contributed by atoms with Crippen LogP contribution in [0.1, 0.15) is 46.0 Å². The van der Waals surface area contributed by atoms with Gasteiger partial charge in [-0.2, -0.15) is 0 Å². The van der Waals surface area contributed by atoms with Crippen LogP contribution in [0.25, 0.3) is 0 Å². The van der Waals surface area contributed by atoms with Gasteiger partial charge in [0, 0.05) is 26.2 Å². The first kappa shape index (κ1) is 12.6. The molecule has 0 aromatic heterocycles. The fourth-order valence-electron chi connectivity index (χ4n) is 1.75. The summed E-state index contributed by atoms with van der Waals surface area (Å²) in [5, 5.41) is 0. The Morgan fingerprint density at radius 2 is 2.00 bits per heavy atom. The number of hydrogen-bond acceptors (Lipinski definition) is 4. The molecule has 0 amide bonds. The van der Waals surface area contributed by atoms with Gasteiger partial charge in [0.05, 0.1) is 5.57 Å². The van der Waals surface area contributed by atoms with Crippen molar-refractivity contribution in [3.8, 4) is 0 Å². The minimum absolute atomic E-state index is 0.114. The van der Waals surface area contributed by atoms with Gasteiger partial charge in [0.2, 0.25) is 0 Å². The van der Waals surface area contributed by atoms with Gasteiger partial charge in [-0.3, -0.25) is 14.4 Å². The molecular weight excluding hydrogens is 208 g/mol. The molecule has 0 unspecified atom stereocenters. The molecule has 0 saturated carbocycles. The van der Waals surface area contributed by atoms with E-state index in [1.807, 2.05) is 6.92 Å². The van der Waals surface area contributed by atoms with Crippen molar-refractivity contribution >= 4 is 17.5 Å². The number of carbonyl (C=O) groups excluding carboxylic acids is 3. The maximum atomic E-state index is 11.7. The maximum Gasteiger partial charge on any atom is 0.307 e. The zero-order valence-electron chi connectivity index (χ0n) is 9.67. The van der Waals surface area contributed by atoms with E-state index in [9.17, 15) is 14.4 Å². The van der Waals surface area contributed by atoms with Crippen LogP contribution in [0.2, 0.25) is 0 Å². The van der Waals surface area contributed by atoms with Crippen LogP contribution in [-0.4, -0.2) is 17.5 Å². The fourth-order valence-corrected chi connectivity index (χ4v) is 1.75. The molecule has 0 saturated heterocycles. The first-order chi connectivity index (χ1) is 7.56. The van der Waals surface area contributed by atoms with Gasteiger partial charge in [0.25, 0.3) is 0 Å². The summed E-state index contributed by atoms with van der Waals surface area (Å²) in [6, 6.07) is 0. The molecule has 0 aromatic rings. The molecule has 0 fully saturated rings. The highest BCUT2D eigenvalue weighted by molar-refractivity contribution is 6.21. The van der Waals surface area contributed by atoms with E-state index in [0.29, 0.717) is 32.1 Å².